The second kappa shape index (κ2) is 6.62. The molecule has 1 unspecified atom stereocenters. The van der Waals surface area contributed by atoms with Gasteiger partial charge in [-0.25, -0.2) is 4.79 Å². The Kier molecular flexibility index (Phi) is 4.83. The van der Waals surface area contributed by atoms with Gasteiger partial charge >= 0.3 is 5.97 Å². The monoisotopic (exact) mass is 318 g/mol. The van der Waals surface area contributed by atoms with Crippen LogP contribution in [0, 0.1) is 6.92 Å². The Balaban J connectivity index is 2.14. The van der Waals surface area contributed by atoms with Crippen LogP contribution in [0.2, 0.25) is 5.02 Å². The van der Waals surface area contributed by atoms with Crippen molar-refractivity contribution in [3.63, 3.8) is 0 Å². The van der Waals surface area contributed by atoms with Gasteiger partial charge in [0.05, 0.1) is 0 Å². The van der Waals surface area contributed by atoms with Gasteiger partial charge in [-0.3, -0.25) is 4.79 Å². The van der Waals surface area contributed by atoms with E-state index < -0.39 is 12.1 Å². The number of aryl methyl sites for hydroxylation is 1. The van der Waals surface area contributed by atoms with Crippen molar-refractivity contribution in [2.45, 2.75) is 20.0 Å². The summed E-state index contributed by atoms with van der Waals surface area (Å²) in [6.45, 7) is 3.15. The summed E-state index contributed by atoms with van der Waals surface area (Å²) in [6.07, 6.45) is -0.981. The zero-order valence-electron chi connectivity index (χ0n) is 12.2. The third-order valence-electron chi connectivity index (χ3n) is 3.22. The van der Waals surface area contributed by atoms with Gasteiger partial charge in [0.2, 0.25) is 5.78 Å². The molecule has 1 N–H and O–H groups in total. The van der Waals surface area contributed by atoms with Crippen molar-refractivity contribution in [1.29, 1.82) is 0 Å². The number of esters is 1. The first-order valence-electron chi connectivity index (χ1n) is 6.69. The van der Waals surface area contributed by atoms with Gasteiger partial charge < -0.3 is 9.84 Å². The molecule has 0 amide bonds. The van der Waals surface area contributed by atoms with Crippen molar-refractivity contribution < 1.29 is 19.4 Å². The Morgan fingerprint density at radius 2 is 1.86 bits per heavy atom. The number of halogens is 1. The second-order valence-corrected chi connectivity index (χ2v) is 5.33. The van der Waals surface area contributed by atoms with Crippen LogP contribution in [-0.2, 0) is 4.74 Å². The average molecular weight is 319 g/mol. The zero-order chi connectivity index (χ0) is 16.3. The fourth-order valence-electron chi connectivity index (χ4n) is 1.98. The van der Waals surface area contributed by atoms with E-state index in [1.165, 1.54) is 19.1 Å². The van der Waals surface area contributed by atoms with E-state index >= 15 is 0 Å². The summed E-state index contributed by atoms with van der Waals surface area (Å²) in [5, 5.41) is 10.3. The number of carbonyl (C=O) groups is 2. The quantitative estimate of drug-likeness (QED) is 0.688. The summed E-state index contributed by atoms with van der Waals surface area (Å²) >= 11 is 5.84. The Bertz CT molecular complexity index is 724. The lowest BCUT2D eigenvalue weighted by Gasteiger charge is -2.13. The van der Waals surface area contributed by atoms with Crippen molar-refractivity contribution >= 4 is 23.4 Å². The summed E-state index contributed by atoms with van der Waals surface area (Å²) in [6, 6.07) is 11.2. The van der Waals surface area contributed by atoms with Gasteiger partial charge in [0.1, 0.15) is 11.3 Å². The fourth-order valence-corrected chi connectivity index (χ4v) is 2.17. The number of phenols is 1. The molecule has 0 radical (unpaired) electrons. The molecular formula is C17H15ClO4. The molecule has 0 aromatic heterocycles. The van der Waals surface area contributed by atoms with Gasteiger partial charge in [-0.05, 0) is 37.6 Å². The highest BCUT2D eigenvalue weighted by molar-refractivity contribution is 6.31. The molecule has 0 aliphatic heterocycles. The molecule has 0 aliphatic rings. The van der Waals surface area contributed by atoms with Gasteiger partial charge in [0, 0.05) is 10.6 Å². The van der Waals surface area contributed by atoms with Crippen LogP contribution in [0.25, 0.3) is 0 Å². The first-order valence-corrected chi connectivity index (χ1v) is 7.07. The maximum absolute atomic E-state index is 12.2. The molecule has 0 saturated carbocycles. The zero-order valence-corrected chi connectivity index (χ0v) is 12.9. The van der Waals surface area contributed by atoms with Crippen molar-refractivity contribution in [3.05, 3.63) is 64.2 Å². The summed E-state index contributed by atoms with van der Waals surface area (Å²) in [7, 11) is 0. The van der Waals surface area contributed by atoms with E-state index in [4.69, 9.17) is 16.3 Å². The highest BCUT2D eigenvalue weighted by Gasteiger charge is 2.22. The highest BCUT2D eigenvalue weighted by Crippen LogP contribution is 2.23. The van der Waals surface area contributed by atoms with Crippen molar-refractivity contribution in [1.82, 2.24) is 0 Å². The van der Waals surface area contributed by atoms with Crippen LogP contribution in [0.3, 0.4) is 0 Å². The molecule has 0 heterocycles. The Hall–Kier alpha value is -2.33. The van der Waals surface area contributed by atoms with Crippen LogP contribution in [0.5, 0.6) is 5.75 Å². The lowest BCUT2D eigenvalue weighted by atomic mass is 10.1. The molecule has 0 saturated heterocycles. The van der Waals surface area contributed by atoms with E-state index in [1.54, 1.807) is 37.3 Å². The first-order chi connectivity index (χ1) is 10.4. The smallest absolute Gasteiger partial charge is 0.342 e. The Morgan fingerprint density at radius 3 is 2.55 bits per heavy atom. The average Bonchev–Trinajstić information content (AvgIpc) is 2.49. The lowest BCUT2D eigenvalue weighted by Crippen LogP contribution is -2.24. The standard InChI is InChI=1S/C17H15ClO4/c1-10-5-3-8-14(15(10)19)17(21)22-11(2)16(20)12-6-4-7-13(18)9-12/h3-9,11,19H,1-2H3. The molecule has 4 nitrogen and oxygen atoms in total. The predicted molar refractivity (Wildman–Crippen MR) is 83.5 cm³/mol. The number of benzene rings is 2. The largest absolute Gasteiger partial charge is 0.507 e. The van der Waals surface area contributed by atoms with Crippen LogP contribution in [0.15, 0.2) is 42.5 Å². The van der Waals surface area contributed by atoms with E-state index in [2.05, 4.69) is 0 Å². The van der Waals surface area contributed by atoms with E-state index in [1.807, 2.05) is 0 Å². The number of rotatable bonds is 4. The van der Waals surface area contributed by atoms with E-state index in [9.17, 15) is 14.7 Å². The normalized spacial score (nSPS) is 11.8. The number of para-hydroxylation sites is 1. The van der Waals surface area contributed by atoms with Crippen LogP contribution in [0.4, 0.5) is 0 Å². The predicted octanol–water partition coefficient (Wildman–Crippen LogP) is 3.78. The molecule has 0 bridgehead atoms. The topological polar surface area (TPSA) is 63.6 Å². The molecule has 114 valence electrons. The number of phenolic OH excluding ortho intramolecular Hbond substituents is 1. The van der Waals surface area contributed by atoms with Crippen LogP contribution >= 0.6 is 11.6 Å². The summed E-state index contributed by atoms with van der Waals surface area (Å²) in [5.41, 5.74) is 0.954. The van der Waals surface area contributed by atoms with Crippen molar-refractivity contribution in [3.8, 4) is 5.75 Å². The third kappa shape index (κ3) is 3.46. The molecule has 22 heavy (non-hydrogen) atoms. The molecule has 0 aliphatic carbocycles. The molecule has 0 spiro atoms. The summed E-state index contributed by atoms with van der Waals surface area (Å²) in [4.78, 5) is 24.3. The molecule has 1 atom stereocenters. The van der Waals surface area contributed by atoms with Gasteiger partial charge in [0.25, 0.3) is 0 Å². The van der Waals surface area contributed by atoms with Crippen molar-refractivity contribution in [2.75, 3.05) is 0 Å². The highest BCUT2D eigenvalue weighted by atomic mass is 35.5. The number of aromatic hydroxyl groups is 1. The number of Topliss-reactive ketones (excluding diaryl/α,β-unsaturated/α-hetero) is 1. The molecule has 2 aromatic rings. The number of ketones is 1. The number of hydrogen-bond donors (Lipinski definition) is 1. The van der Waals surface area contributed by atoms with Gasteiger partial charge in [0.15, 0.2) is 6.10 Å². The van der Waals surface area contributed by atoms with Gasteiger partial charge in [-0.1, -0.05) is 35.9 Å². The van der Waals surface area contributed by atoms with Gasteiger partial charge in [-0.2, -0.15) is 0 Å². The number of hydrogen-bond acceptors (Lipinski definition) is 4. The maximum atomic E-state index is 12.2. The first kappa shape index (κ1) is 16.0. The van der Waals surface area contributed by atoms with Gasteiger partial charge in [-0.15, -0.1) is 0 Å². The van der Waals surface area contributed by atoms with E-state index in [0.717, 1.165) is 0 Å². The Morgan fingerprint density at radius 1 is 1.18 bits per heavy atom. The summed E-state index contributed by atoms with van der Waals surface area (Å²) < 4.78 is 5.14. The number of ether oxygens (including phenoxy) is 1. The van der Waals surface area contributed by atoms with E-state index in [0.29, 0.717) is 16.1 Å². The summed E-state index contributed by atoms with van der Waals surface area (Å²) in [5.74, 6) is -1.25. The molecule has 0 fully saturated rings. The van der Waals surface area contributed by atoms with Crippen LogP contribution in [0.1, 0.15) is 33.2 Å². The Labute approximate surface area is 133 Å². The lowest BCUT2D eigenvalue weighted by molar-refractivity contribution is 0.0316. The molecule has 5 heteroatoms. The third-order valence-corrected chi connectivity index (χ3v) is 3.45. The van der Waals surface area contributed by atoms with E-state index in [-0.39, 0.29) is 17.1 Å². The minimum Gasteiger partial charge on any atom is -0.507 e. The SMILES string of the molecule is Cc1cccc(C(=O)OC(C)C(=O)c2cccc(Cl)c2)c1O. The fraction of sp³-hybridized carbons (Fsp3) is 0.176. The maximum Gasteiger partial charge on any atom is 0.342 e. The number of carbonyl (C=O) groups excluding carboxylic acids is 2. The molecule has 2 aromatic carbocycles. The second-order valence-electron chi connectivity index (χ2n) is 4.89. The van der Waals surface area contributed by atoms with Crippen LogP contribution in [-0.4, -0.2) is 23.0 Å². The van der Waals surface area contributed by atoms with Crippen LogP contribution < -0.4 is 0 Å². The van der Waals surface area contributed by atoms with Crippen molar-refractivity contribution in [2.24, 2.45) is 0 Å². The minimum absolute atomic E-state index is 0.0331. The minimum atomic E-state index is -0.981. The molecule has 2 rings (SSSR count). The molecular weight excluding hydrogens is 304 g/mol.